The van der Waals surface area contributed by atoms with Gasteiger partial charge >= 0.3 is 0 Å². The number of alkyl halides is 1. The van der Waals surface area contributed by atoms with Crippen molar-refractivity contribution in [3.8, 4) is 0 Å². The summed E-state index contributed by atoms with van der Waals surface area (Å²) in [6, 6.07) is 8.57. The lowest BCUT2D eigenvalue weighted by molar-refractivity contribution is -0.119. The highest BCUT2D eigenvalue weighted by atomic mass is 79.9. The van der Waals surface area contributed by atoms with Crippen LogP contribution in [0.5, 0.6) is 0 Å². The number of hydrogen-bond donors (Lipinski definition) is 1. The van der Waals surface area contributed by atoms with Gasteiger partial charge < -0.3 is 5.32 Å². The molecule has 1 atom stereocenters. The van der Waals surface area contributed by atoms with E-state index in [1.165, 1.54) is 11.1 Å². The van der Waals surface area contributed by atoms with Crippen LogP contribution in [0.3, 0.4) is 0 Å². The molecule has 3 heteroatoms. The Morgan fingerprint density at radius 3 is 2.53 bits per heavy atom. The predicted molar refractivity (Wildman–Crippen MR) is 66.3 cm³/mol. The van der Waals surface area contributed by atoms with Crippen molar-refractivity contribution in [2.75, 3.05) is 5.33 Å². The lowest BCUT2D eigenvalue weighted by Gasteiger charge is -2.13. The molecule has 15 heavy (non-hydrogen) atoms. The molecule has 1 aromatic rings. The van der Waals surface area contributed by atoms with Crippen molar-refractivity contribution < 1.29 is 4.79 Å². The van der Waals surface area contributed by atoms with Gasteiger partial charge in [0.05, 0.1) is 5.33 Å². The zero-order valence-electron chi connectivity index (χ0n) is 9.09. The van der Waals surface area contributed by atoms with Crippen LogP contribution in [-0.2, 0) is 11.2 Å². The van der Waals surface area contributed by atoms with E-state index in [9.17, 15) is 4.79 Å². The minimum Gasteiger partial charge on any atom is -0.353 e. The Morgan fingerprint density at radius 1 is 1.40 bits per heavy atom. The molecule has 0 bridgehead atoms. The monoisotopic (exact) mass is 269 g/mol. The van der Waals surface area contributed by atoms with Gasteiger partial charge in [-0.1, -0.05) is 45.8 Å². The largest absolute Gasteiger partial charge is 0.353 e. The first-order valence-electron chi connectivity index (χ1n) is 5.02. The SMILES string of the molecule is Cc1ccc(CC(C)NC(=O)CBr)cc1. The highest BCUT2D eigenvalue weighted by Gasteiger charge is 2.06. The van der Waals surface area contributed by atoms with E-state index in [-0.39, 0.29) is 11.9 Å². The average Bonchev–Trinajstić information content (AvgIpc) is 2.21. The zero-order valence-corrected chi connectivity index (χ0v) is 10.7. The van der Waals surface area contributed by atoms with Crippen LogP contribution < -0.4 is 5.32 Å². The third kappa shape index (κ3) is 4.47. The van der Waals surface area contributed by atoms with Crippen molar-refractivity contribution in [1.82, 2.24) is 5.32 Å². The molecule has 1 aromatic carbocycles. The predicted octanol–water partition coefficient (Wildman–Crippen LogP) is 2.44. The lowest BCUT2D eigenvalue weighted by atomic mass is 10.1. The Morgan fingerprint density at radius 2 is 2.00 bits per heavy atom. The summed E-state index contributed by atoms with van der Waals surface area (Å²) in [5, 5.41) is 3.27. The van der Waals surface area contributed by atoms with Gasteiger partial charge in [0, 0.05) is 6.04 Å². The maximum Gasteiger partial charge on any atom is 0.230 e. The zero-order chi connectivity index (χ0) is 11.3. The number of carbonyl (C=O) groups is 1. The number of nitrogens with one attached hydrogen (secondary N) is 1. The van der Waals surface area contributed by atoms with E-state index >= 15 is 0 Å². The molecule has 0 aliphatic carbocycles. The van der Waals surface area contributed by atoms with Crippen LogP contribution in [0.2, 0.25) is 0 Å². The second-order valence-electron chi connectivity index (χ2n) is 3.79. The highest BCUT2D eigenvalue weighted by Crippen LogP contribution is 2.05. The third-order valence-corrected chi connectivity index (χ3v) is 2.70. The van der Waals surface area contributed by atoms with Gasteiger partial charge in [0.25, 0.3) is 0 Å². The standard InChI is InChI=1S/C12H16BrNO/c1-9-3-5-11(6-4-9)7-10(2)14-12(15)8-13/h3-6,10H,7-8H2,1-2H3,(H,14,15). The molecule has 0 spiro atoms. The fraction of sp³-hybridized carbons (Fsp3) is 0.417. The first-order valence-corrected chi connectivity index (χ1v) is 6.15. The molecule has 0 fully saturated rings. The fourth-order valence-corrected chi connectivity index (χ4v) is 1.60. The maximum absolute atomic E-state index is 11.1. The van der Waals surface area contributed by atoms with Gasteiger partial charge in [-0.3, -0.25) is 4.79 Å². The first-order chi connectivity index (χ1) is 7.11. The Bertz CT molecular complexity index is 321. The molecule has 0 radical (unpaired) electrons. The summed E-state index contributed by atoms with van der Waals surface area (Å²) in [6.45, 7) is 4.08. The summed E-state index contributed by atoms with van der Waals surface area (Å²) in [7, 11) is 0. The number of rotatable bonds is 4. The molecule has 82 valence electrons. The summed E-state index contributed by atoms with van der Waals surface area (Å²) in [4.78, 5) is 11.1. The quantitative estimate of drug-likeness (QED) is 0.836. The van der Waals surface area contributed by atoms with Gasteiger partial charge in [-0.2, -0.15) is 0 Å². The second kappa shape index (κ2) is 5.91. The van der Waals surface area contributed by atoms with Gasteiger partial charge in [0.1, 0.15) is 0 Å². The van der Waals surface area contributed by atoms with Crippen molar-refractivity contribution in [3.05, 3.63) is 35.4 Å². The van der Waals surface area contributed by atoms with Crippen molar-refractivity contribution >= 4 is 21.8 Å². The average molecular weight is 270 g/mol. The normalized spacial score (nSPS) is 12.2. The molecule has 0 aromatic heterocycles. The van der Waals surface area contributed by atoms with E-state index in [1.54, 1.807) is 0 Å². The van der Waals surface area contributed by atoms with Crippen LogP contribution in [0.1, 0.15) is 18.1 Å². The van der Waals surface area contributed by atoms with Gasteiger partial charge in [-0.25, -0.2) is 0 Å². The summed E-state index contributed by atoms with van der Waals surface area (Å²) in [5.41, 5.74) is 2.51. The van der Waals surface area contributed by atoms with Gasteiger partial charge in [0.2, 0.25) is 5.91 Å². The smallest absolute Gasteiger partial charge is 0.230 e. The Labute approximate surface area is 99.2 Å². The summed E-state index contributed by atoms with van der Waals surface area (Å²) >= 11 is 3.13. The van der Waals surface area contributed by atoms with Gasteiger partial charge in [0.15, 0.2) is 0 Å². The molecular formula is C12H16BrNO. The molecule has 0 heterocycles. The molecule has 0 saturated heterocycles. The molecule has 1 rings (SSSR count). The third-order valence-electron chi connectivity index (χ3n) is 2.19. The minimum atomic E-state index is 0.0367. The van der Waals surface area contributed by atoms with Crippen molar-refractivity contribution in [2.24, 2.45) is 0 Å². The number of halogens is 1. The number of aryl methyl sites for hydroxylation is 1. The Balaban J connectivity index is 2.47. The molecular weight excluding hydrogens is 254 g/mol. The van der Waals surface area contributed by atoms with E-state index in [0.717, 1.165) is 6.42 Å². The fourth-order valence-electron chi connectivity index (χ4n) is 1.44. The van der Waals surface area contributed by atoms with E-state index in [0.29, 0.717) is 5.33 Å². The molecule has 0 aliphatic rings. The molecule has 0 aliphatic heterocycles. The van der Waals surface area contributed by atoms with E-state index in [2.05, 4.69) is 52.4 Å². The van der Waals surface area contributed by atoms with E-state index in [1.807, 2.05) is 6.92 Å². The molecule has 1 unspecified atom stereocenters. The van der Waals surface area contributed by atoms with Crippen LogP contribution in [0.4, 0.5) is 0 Å². The van der Waals surface area contributed by atoms with Crippen molar-refractivity contribution in [2.45, 2.75) is 26.3 Å². The van der Waals surface area contributed by atoms with Crippen molar-refractivity contribution in [1.29, 1.82) is 0 Å². The number of hydrogen-bond acceptors (Lipinski definition) is 1. The summed E-state index contributed by atoms with van der Waals surface area (Å²) in [5.74, 6) is 0.0367. The van der Waals surface area contributed by atoms with Gasteiger partial charge in [-0.15, -0.1) is 0 Å². The second-order valence-corrected chi connectivity index (χ2v) is 4.35. The van der Waals surface area contributed by atoms with E-state index in [4.69, 9.17) is 0 Å². The topological polar surface area (TPSA) is 29.1 Å². The molecule has 1 amide bonds. The van der Waals surface area contributed by atoms with Crippen LogP contribution in [0, 0.1) is 6.92 Å². The van der Waals surface area contributed by atoms with Crippen LogP contribution in [0.15, 0.2) is 24.3 Å². The van der Waals surface area contributed by atoms with Crippen LogP contribution in [-0.4, -0.2) is 17.3 Å². The molecule has 1 N–H and O–H groups in total. The first kappa shape index (κ1) is 12.2. The van der Waals surface area contributed by atoms with Crippen LogP contribution >= 0.6 is 15.9 Å². The number of amides is 1. The summed E-state index contributed by atoms with van der Waals surface area (Å²) < 4.78 is 0. The minimum absolute atomic E-state index is 0.0367. The van der Waals surface area contributed by atoms with Gasteiger partial charge in [-0.05, 0) is 25.8 Å². The Hall–Kier alpha value is -0.830. The molecule has 2 nitrogen and oxygen atoms in total. The van der Waals surface area contributed by atoms with E-state index < -0.39 is 0 Å². The Kier molecular flexibility index (Phi) is 4.82. The number of carbonyl (C=O) groups excluding carboxylic acids is 1. The number of benzene rings is 1. The van der Waals surface area contributed by atoms with Crippen LogP contribution in [0.25, 0.3) is 0 Å². The van der Waals surface area contributed by atoms with Crippen molar-refractivity contribution in [3.63, 3.8) is 0 Å². The summed E-state index contributed by atoms with van der Waals surface area (Å²) in [6.07, 6.45) is 0.874. The highest BCUT2D eigenvalue weighted by molar-refractivity contribution is 9.09. The maximum atomic E-state index is 11.1. The lowest BCUT2D eigenvalue weighted by Crippen LogP contribution is -2.34. The molecule has 0 saturated carbocycles.